The van der Waals surface area contributed by atoms with Gasteiger partial charge in [-0.15, -0.1) is 0 Å². The first-order valence-electron chi connectivity index (χ1n) is 5.71. The summed E-state index contributed by atoms with van der Waals surface area (Å²) in [5.74, 6) is 0. The van der Waals surface area contributed by atoms with Gasteiger partial charge in [-0.2, -0.15) is 0 Å². The van der Waals surface area contributed by atoms with Crippen molar-refractivity contribution in [2.75, 3.05) is 21.1 Å². The molecule has 0 amide bonds. The lowest BCUT2D eigenvalue weighted by molar-refractivity contribution is 0.813. The lowest BCUT2D eigenvalue weighted by atomic mass is 10.2. The van der Waals surface area contributed by atoms with Gasteiger partial charge < -0.3 is 17.2 Å². The molecule has 0 aromatic heterocycles. The Labute approximate surface area is 101 Å². The minimum Gasteiger partial charge on any atom is -0.333 e. The number of nitrogens with two attached hydrogens (primary N) is 3. The Morgan fingerprint density at radius 3 is 1.75 bits per heavy atom. The molecule has 16 heavy (non-hydrogen) atoms. The van der Waals surface area contributed by atoms with Crippen molar-refractivity contribution < 1.29 is 0 Å². The average molecular weight is 227 g/mol. The topological polar surface area (TPSA) is 78.1 Å². The summed E-state index contributed by atoms with van der Waals surface area (Å²) in [6.07, 6.45) is 14.6. The maximum atomic E-state index is 4.50. The van der Waals surface area contributed by atoms with E-state index < -0.39 is 0 Å². The van der Waals surface area contributed by atoms with E-state index in [9.17, 15) is 0 Å². The molecule has 0 atom stereocenters. The Morgan fingerprint density at radius 1 is 0.938 bits per heavy atom. The van der Waals surface area contributed by atoms with Crippen molar-refractivity contribution in [2.24, 2.45) is 17.2 Å². The Morgan fingerprint density at radius 2 is 1.38 bits per heavy atom. The molecule has 0 aliphatic heterocycles. The van der Waals surface area contributed by atoms with Gasteiger partial charge in [0, 0.05) is 0 Å². The number of rotatable bonds is 3. The second-order valence-corrected chi connectivity index (χ2v) is 2.56. The summed E-state index contributed by atoms with van der Waals surface area (Å²) in [5, 5.41) is 0. The van der Waals surface area contributed by atoms with Crippen LogP contribution in [0.1, 0.15) is 26.2 Å². The average Bonchev–Trinajstić information content (AvgIpc) is 2.90. The molecule has 0 aromatic carbocycles. The first-order chi connectivity index (χ1) is 7.93. The Hall–Kier alpha value is -0.900. The van der Waals surface area contributed by atoms with E-state index >= 15 is 0 Å². The molecular formula is C13H29N3. The lowest BCUT2D eigenvalue weighted by Gasteiger charge is -1.90. The van der Waals surface area contributed by atoms with Crippen LogP contribution < -0.4 is 17.2 Å². The molecule has 3 nitrogen and oxygen atoms in total. The summed E-state index contributed by atoms with van der Waals surface area (Å²) >= 11 is 0. The number of hydrogen-bond donors (Lipinski definition) is 3. The molecule has 1 aliphatic carbocycles. The largest absolute Gasteiger partial charge is 0.333 e. The van der Waals surface area contributed by atoms with Crippen molar-refractivity contribution in [3.05, 3.63) is 36.0 Å². The standard InChI is InChI=1S/C10H14.3CH5N/c1-2-3-4-7-10-8-5-6-9-10;3*1-2/h5-9H,2-4H2,1H3;3*2H2,1H3. The molecule has 1 aliphatic rings. The second-order valence-electron chi connectivity index (χ2n) is 2.56. The van der Waals surface area contributed by atoms with Crippen LogP contribution in [0.5, 0.6) is 0 Å². The molecule has 0 spiro atoms. The van der Waals surface area contributed by atoms with Gasteiger partial charge in [-0.25, -0.2) is 0 Å². The summed E-state index contributed by atoms with van der Waals surface area (Å²) in [6.45, 7) is 2.22. The molecule has 96 valence electrons. The molecule has 0 fully saturated rings. The van der Waals surface area contributed by atoms with E-state index in [1.54, 1.807) is 0 Å². The summed E-state index contributed by atoms with van der Waals surface area (Å²) in [6, 6.07) is 0. The van der Waals surface area contributed by atoms with Crippen molar-refractivity contribution in [3.63, 3.8) is 0 Å². The Kier molecular flexibility index (Phi) is 30.4. The van der Waals surface area contributed by atoms with Gasteiger partial charge in [-0.1, -0.05) is 50.1 Å². The van der Waals surface area contributed by atoms with Gasteiger partial charge in [-0.3, -0.25) is 0 Å². The molecule has 0 bridgehead atoms. The van der Waals surface area contributed by atoms with E-state index in [1.165, 1.54) is 46.0 Å². The summed E-state index contributed by atoms with van der Waals surface area (Å²) < 4.78 is 0. The molecule has 0 heterocycles. The Bertz CT molecular complexity index is 168. The van der Waals surface area contributed by atoms with E-state index in [-0.39, 0.29) is 0 Å². The fraction of sp³-hybridized carbons (Fsp3) is 0.538. The number of unbranched alkanes of at least 4 members (excludes halogenated alkanes) is 2. The van der Waals surface area contributed by atoms with E-state index in [0.717, 1.165) is 0 Å². The van der Waals surface area contributed by atoms with Gasteiger partial charge in [0.2, 0.25) is 0 Å². The molecule has 0 aromatic rings. The van der Waals surface area contributed by atoms with Crippen LogP contribution in [0.15, 0.2) is 36.0 Å². The van der Waals surface area contributed by atoms with Gasteiger partial charge in [0.05, 0.1) is 0 Å². The third-order valence-corrected chi connectivity index (χ3v) is 1.63. The Balaban J connectivity index is -0.000000245. The van der Waals surface area contributed by atoms with Gasteiger partial charge in [-0.05, 0) is 33.1 Å². The lowest BCUT2D eigenvalue weighted by Crippen LogP contribution is -1.70. The molecule has 0 saturated carbocycles. The fourth-order valence-electron chi connectivity index (χ4n) is 0.998. The normalized spacial score (nSPS) is 10.3. The molecule has 0 saturated heterocycles. The van der Waals surface area contributed by atoms with E-state index in [0.29, 0.717) is 0 Å². The quantitative estimate of drug-likeness (QED) is 0.645. The van der Waals surface area contributed by atoms with Gasteiger partial charge >= 0.3 is 0 Å². The highest BCUT2D eigenvalue weighted by atomic mass is 14.4. The predicted molar refractivity (Wildman–Crippen MR) is 76.2 cm³/mol. The maximum absolute atomic E-state index is 4.50. The molecular weight excluding hydrogens is 198 g/mol. The fourth-order valence-corrected chi connectivity index (χ4v) is 0.998. The third-order valence-electron chi connectivity index (χ3n) is 1.63. The zero-order valence-corrected chi connectivity index (χ0v) is 11.2. The van der Waals surface area contributed by atoms with Crippen LogP contribution in [-0.2, 0) is 0 Å². The summed E-state index contributed by atoms with van der Waals surface area (Å²) in [5.41, 5.74) is 14.9. The third kappa shape index (κ3) is 15.6. The van der Waals surface area contributed by atoms with Crippen LogP contribution in [0.3, 0.4) is 0 Å². The van der Waals surface area contributed by atoms with Crippen molar-refractivity contribution >= 4 is 0 Å². The minimum absolute atomic E-state index is 1.22. The van der Waals surface area contributed by atoms with Crippen molar-refractivity contribution in [1.29, 1.82) is 0 Å². The molecule has 6 N–H and O–H groups in total. The monoisotopic (exact) mass is 227 g/mol. The van der Waals surface area contributed by atoms with Gasteiger partial charge in [0.1, 0.15) is 0 Å². The summed E-state index contributed by atoms with van der Waals surface area (Å²) in [4.78, 5) is 0. The van der Waals surface area contributed by atoms with Crippen LogP contribution in [-0.4, -0.2) is 21.1 Å². The van der Waals surface area contributed by atoms with Crippen molar-refractivity contribution in [3.8, 4) is 0 Å². The highest BCUT2D eigenvalue weighted by Crippen LogP contribution is 2.09. The first-order valence-corrected chi connectivity index (χ1v) is 5.71. The zero-order valence-electron chi connectivity index (χ0n) is 11.2. The summed E-state index contributed by atoms with van der Waals surface area (Å²) in [7, 11) is 4.50. The zero-order chi connectivity index (χ0) is 13.2. The van der Waals surface area contributed by atoms with E-state index in [1.807, 2.05) is 0 Å². The van der Waals surface area contributed by atoms with Gasteiger partial charge in [0.25, 0.3) is 0 Å². The highest BCUT2D eigenvalue weighted by Gasteiger charge is 1.88. The number of hydrogen-bond acceptors (Lipinski definition) is 3. The SMILES string of the molecule is CCCCC=C1C=CC=C1.CN.CN.CN. The maximum Gasteiger partial charge on any atom is -0.0195 e. The van der Waals surface area contributed by atoms with Crippen LogP contribution in [0.25, 0.3) is 0 Å². The number of allylic oxidation sites excluding steroid dienone is 6. The van der Waals surface area contributed by atoms with Crippen molar-refractivity contribution in [2.45, 2.75) is 26.2 Å². The first kappa shape index (κ1) is 20.5. The molecule has 1 rings (SSSR count). The van der Waals surface area contributed by atoms with Crippen LogP contribution in [0.2, 0.25) is 0 Å². The second kappa shape index (κ2) is 23.7. The van der Waals surface area contributed by atoms with E-state index in [2.05, 4.69) is 54.5 Å². The van der Waals surface area contributed by atoms with Crippen molar-refractivity contribution in [1.82, 2.24) is 0 Å². The van der Waals surface area contributed by atoms with Gasteiger partial charge in [0.15, 0.2) is 0 Å². The minimum atomic E-state index is 1.22. The smallest absolute Gasteiger partial charge is 0.0195 e. The molecule has 0 unspecified atom stereocenters. The van der Waals surface area contributed by atoms with E-state index in [4.69, 9.17) is 0 Å². The predicted octanol–water partition coefficient (Wildman–Crippen LogP) is 1.95. The highest BCUT2D eigenvalue weighted by molar-refractivity contribution is 5.39. The van der Waals surface area contributed by atoms with Crippen LogP contribution in [0, 0.1) is 0 Å². The molecule has 0 radical (unpaired) electrons. The van der Waals surface area contributed by atoms with Crippen LogP contribution in [0.4, 0.5) is 0 Å². The van der Waals surface area contributed by atoms with Crippen LogP contribution >= 0.6 is 0 Å². The molecule has 3 heteroatoms.